The van der Waals surface area contributed by atoms with Crippen molar-refractivity contribution in [1.29, 1.82) is 0 Å². The highest BCUT2D eigenvalue weighted by atomic mass is 79.9. The number of benzene rings is 1. The Kier molecular flexibility index (Phi) is 3.02. The number of halogens is 1. The Morgan fingerprint density at radius 3 is 2.40 bits per heavy atom. The lowest BCUT2D eigenvalue weighted by atomic mass is 10.3. The lowest BCUT2D eigenvalue weighted by Crippen LogP contribution is -2.10. The summed E-state index contributed by atoms with van der Waals surface area (Å²) in [5.41, 5.74) is 1.13. The van der Waals surface area contributed by atoms with Crippen LogP contribution in [0.3, 0.4) is 0 Å². The molecular formula is C12H11BrN2. The third kappa shape index (κ3) is 2.36. The second-order valence-corrected chi connectivity index (χ2v) is 4.03. The molecule has 0 aliphatic heterocycles. The van der Waals surface area contributed by atoms with Crippen LogP contribution in [0, 0.1) is 0 Å². The van der Waals surface area contributed by atoms with Gasteiger partial charge in [-0.2, -0.15) is 0 Å². The number of rotatable bonds is 2. The highest BCUT2D eigenvalue weighted by Gasteiger charge is 2.03. The first-order chi connectivity index (χ1) is 7.27. The van der Waals surface area contributed by atoms with Crippen molar-refractivity contribution in [3.8, 4) is 0 Å². The molecule has 1 heterocycles. The standard InChI is InChI=1S/C12H11BrN2/c1-15(10-6-3-2-4-7-10)12-9-5-8-11(13)14-12/h2-9H,1H3. The molecule has 0 fully saturated rings. The second kappa shape index (κ2) is 4.45. The van der Waals surface area contributed by atoms with Crippen LogP contribution in [0.1, 0.15) is 0 Å². The molecule has 2 rings (SSSR count). The summed E-state index contributed by atoms with van der Waals surface area (Å²) in [6.07, 6.45) is 0. The van der Waals surface area contributed by atoms with Crippen molar-refractivity contribution in [2.24, 2.45) is 0 Å². The number of pyridine rings is 1. The molecule has 0 radical (unpaired) electrons. The molecule has 0 aliphatic carbocycles. The van der Waals surface area contributed by atoms with E-state index in [0.717, 1.165) is 16.1 Å². The molecule has 1 aromatic carbocycles. The van der Waals surface area contributed by atoms with E-state index in [9.17, 15) is 0 Å². The zero-order valence-electron chi connectivity index (χ0n) is 8.39. The van der Waals surface area contributed by atoms with Gasteiger partial charge in [-0.15, -0.1) is 0 Å². The van der Waals surface area contributed by atoms with Crippen LogP contribution < -0.4 is 4.90 Å². The lowest BCUT2D eigenvalue weighted by molar-refractivity contribution is 1.11. The number of hydrogen-bond acceptors (Lipinski definition) is 2. The van der Waals surface area contributed by atoms with Gasteiger partial charge in [0.2, 0.25) is 0 Å². The van der Waals surface area contributed by atoms with Crippen molar-refractivity contribution in [2.45, 2.75) is 0 Å². The molecule has 0 spiro atoms. The van der Waals surface area contributed by atoms with Crippen LogP contribution >= 0.6 is 15.9 Å². The molecule has 0 unspecified atom stereocenters. The molecule has 0 atom stereocenters. The van der Waals surface area contributed by atoms with Gasteiger partial charge in [0.15, 0.2) is 0 Å². The third-order valence-electron chi connectivity index (χ3n) is 2.19. The summed E-state index contributed by atoms with van der Waals surface area (Å²) in [6.45, 7) is 0. The maximum atomic E-state index is 4.39. The summed E-state index contributed by atoms with van der Waals surface area (Å²) in [5, 5.41) is 0. The van der Waals surface area contributed by atoms with E-state index < -0.39 is 0 Å². The molecule has 0 aliphatic rings. The van der Waals surface area contributed by atoms with E-state index in [1.165, 1.54) is 0 Å². The maximum absolute atomic E-state index is 4.39. The highest BCUT2D eigenvalue weighted by Crippen LogP contribution is 2.22. The van der Waals surface area contributed by atoms with Gasteiger partial charge >= 0.3 is 0 Å². The summed E-state index contributed by atoms with van der Waals surface area (Å²) in [6, 6.07) is 16.0. The highest BCUT2D eigenvalue weighted by molar-refractivity contribution is 9.10. The Balaban J connectivity index is 2.32. The van der Waals surface area contributed by atoms with Gasteiger partial charge in [0, 0.05) is 12.7 Å². The average molecular weight is 263 g/mol. The fraction of sp³-hybridized carbons (Fsp3) is 0.0833. The normalized spacial score (nSPS) is 10.0. The molecule has 0 saturated heterocycles. The van der Waals surface area contributed by atoms with Gasteiger partial charge in [0.1, 0.15) is 10.4 Å². The monoisotopic (exact) mass is 262 g/mol. The van der Waals surface area contributed by atoms with Crippen molar-refractivity contribution >= 4 is 27.4 Å². The largest absolute Gasteiger partial charge is 0.329 e. The third-order valence-corrected chi connectivity index (χ3v) is 2.63. The van der Waals surface area contributed by atoms with E-state index in [2.05, 4.69) is 33.0 Å². The van der Waals surface area contributed by atoms with E-state index in [1.54, 1.807) is 0 Å². The van der Waals surface area contributed by atoms with Gasteiger partial charge in [0.05, 0.1) is 0 Å². The minimum absolute atomic E-state index is 0.850. The molecule has 0 N–H and O–H groups in total. The van der Waals surface area contributed by atoms with Crippen LogP contribution in [0.25, 0.3) is 0 Å². The van der Waals surface area contributed by atoms with Crippen molar-refractivity contribution in [3.63, 3.8) is 0 Å². The first kappa shape index (κ1) is 10.2. The number of para-hydroxylation sites is 1. The molecule has 0 saturated carbocycles. The minimum atomic E-state index is 0.850. The molecule has 0 bridgehead atoms. The topological polar surface area (TPSA) is 16.1 Å². The van der Waals surface area contributed by atoms with E-state index in [1.807, 2.05) is 48.3 Å². The SMILES string of the molecule is CN(c1ccccc1)c1cccc(Br)n1. The summed E-state index contributed by atoms with van der Waals surface area (Å²) in [5.74, 6) is 0.926. The number of nitrogens with zero attached hydrogens (tertiary/aromatic N) is 2. The van der Waals surface area contributed by atoms with Crippen LogP contribution in [-0.2, 0) is 0 Å². The van der Waals surface area contributed by atoms with Crippen molar-refractivity contribution < 1.29 is 0 Å². The summed E-state index contributed by atoms with van der Waals surface area (Å²) >= 11 is 3.37. The van der Waals surface area contributed by atoms with Gasteiger partial charge in [-0.1, -0.05) is 24.3 Å². The van der Waals surface area contributed by atoms with Crippen LogP contribution in [0.2, 0.25) is 0 Å². The van der Waals surface area contributed by atoms with E-state index >= 15 is 0 Å². The fourth-order valence-corrected chi connectivity index (χ4v) is 1.70. The summed E-state index contributed by atoms with van der Waals surface area (Å²) in [4.78, 5) is 6.44. The number of hydrogen-bond donors (Lipinski definition) is 0. The Labute approximate surface area is 97.7 Å². The maximum Gasteiger partial charge on any atom is 0.134 e. The smallest absolute Gasteiger partial charge is 0.134 e. The molecule has 3 heteroatoms. The van der Waals surface area contributed by atoms with Crippen LogP contribution in [0.15, 0.2) is 53.1 Å². The van der Waals surface area contributed by atoms with E-state index in [0.29, 0.717) is 0 Å². The zero-order chi connectivity index (χ0) is 10.7. The molecule has 1 aromatic heterocycles. The zero-order valence-corrected chi connectivity index (χ0v) is 9.98. The lowest BCUT2D eigenvalue weighted by Gasteiger charge is -2.18. The number of anilines is 2. The summed E-state index contributed by atoms with van der Waals surface area (Å²) < 4.78 is 0.850. The number of aromatic nitrogens is 1. The first-order valence-corrected chi connectivity index (χ1v) is 5.48. The summed E-state index contributed by atoms with van der Waals surface area (Å²) in [7, 11) is 2.00. The predicted molar refractivity (Wildman–Crippen MR) is 66.4 cm³/mol. The van der Waals surface area contributed by atoms with Gasteiger partial charge in [-0.25, -0.2) is 4.98 Å². The van der Waals surface area contributed by atoms with Gasteiger partial charge < -0.3 is 4.90 Å². The Hall–Kier alpha value is -1.35. The molecule has 15 heavy (non-hydrogen) atoms. The van der Waals surface area contributed by atoms with Crippen LogP contribution in [0.4, 0.5) is 11.5 Å². The second-order valence-electron chi connectivity index (χ2n) is 3.21. The molecule has 2 nitrogen and oxygen atoms in total. The molecule has 2 aromatic rings. The Morgan fingerprint density at radius 2 is 1.73 bits per heavy atom. The fourth-order valence-electron chi connectivity index (χ4n) is 1.37. The van der Waals surface area contributed by atoms with E-state index in [-0.39, 0.29) is 0 Å². The van der Waals surface area contributed by atoms with Crippen molar-refractivity contribution in [2.75, 3.05) is 11.9 Å². The average Bonchev–Trinajstić information content (AvgIpc) is 2.29. The van der Waals surface area contributed by atoms with Crippen LogP contribution in [0.5, 0.6) is 0 Å². The van der Waals surface area contributed by atoms with Gasteiger partial charge in [0.25, 0.3) is 0 Å². The van der Waals surface area contributed by atoms with Gasteiger partial charge in [-0.3, -0.25) is 0 Å². The minimum Gasteiger partial charge on any atom is -0.329 e. The predicted octanol–water partition coefficient (Wildman–Crippen LogP) is 3.61. The Bertz CT molecular complexity index is 442. The van der Waals surface area contributed by atoms with Crippen molar-refractivity contribution in [1.82, 2.24) is 4.98 Å². The Morgan fingerprint density at radius 1 is 1.00 bits per heavy atom. The van der Waals surface area contributed by atoms with E-state index in [4.69, 9.17) is 0 Å². The molecule has 76 valence electrons. The molecule has 0 amide bonds. The quantitative estimate of drug-likeness (QED) is 0.769. The van der Waals surface area contributed by atoms with Gasteiger partial charge in [-0.05, 0) is 40.2 Å². The first-order valence-electron chi connectivity index (χ1n) is 4.69. The molecular weight excluding hydrogens is 252 g/mol. The van der Waals surface area contributed by atoms with Crippen molar-refractivity contribution in [3.05, 3.63) is 53.1 Å². The van der Waals surface area contributed by atoms with Crippen LogP contribution in [-0.4, -0.2) is 12.0 Å².